The number of nitrogens with two attached hydrogens (primary N) is 1. The van der Waals surface area contributed by atoms with E-state index in [1.54, 1.807) is 11.3 Å². The number of hydrogen-bond acceptors (Lipinski definition) is 5. The number of anilines is 2. The van der Waals surface area contributed by atoms with Crippen molar-refractivity contribution in [2.75, 3.05) is 11.1 Å². The van der Waals surface area contributed by atoms with Gasteiger partial charge in [-0.15, -0.1) is 11.3 Å². The van der Waals surface area contributed by atoms with Crippen molar-refractivity contribution in [2.24, 2.45) is 0 Å². The molecule has 1 aromatic carbocycles. The summed E-state index contributed by atoms with van der Waals surface area (Å²) >= 11 is 1.76. The molecule has 2 aromatic heterocycles. The van der Waals surface area contributed by atoms with Crippen molar-refractivity contribution in [1.82, 2.24) is 9.97 Å². The number of fused-ring (bicyclic) bond motifs is 1. The molecule has 0 aliphatic heterocycles. The predicted octanol–water partition coefficient (Wildman–Crippen LogP) is 4.23. The molecule has 0 radical (unpaired) electrons. The van der Waals surface area contributed by atoms with Crippen LogP contribution >= 0.6 is 11.3 Å². The van der Waals surface area contributed by atoms with Gasteiger partial charge in [0.25, 0.3) is 0 Å². The second kappa shape index (κ2) is 6.10. The highest BCUT2D eigenvalue weighted by Gasteiger charge is 2.14. The van der Waals surface area contributed by atoms with Gasteiger partial charge in [0.05, 0.1) is 11.6 Å². The van der Waals surface area contributed by atoms with E-state index < -0.39 is 0 Å². The van der Waals surface area contributed by atoms with E-state index in [4.69, 9.17) is 5.73 Å². The van der Waals surface area contributed by atoms with Crippen LogP contribution in [0.4, 0.5) is 11.8 Å². The van der Waals surface area contributed by atoms with Crippen LogP contribution in [-0.2, 0) is 0 Å². The number of rotatable bonds is 5. The van der Waals surface area contributed by atoms with Gasteiger partial charge in [-0.1, -0.05) is 31.5 Å². The van der Waals surface area contributed by atoms with E-state index in [1.165, 1.54) is 4.88 Å². The maximum absolute atomic E-state index is 5.83. The third kappa shape index (κ3) is 2.97. The van der Waals surface area contributed by atoms with Gasteiger partial charge in [-0.25, -0.2) is 4.98 Å². The van der Waals surface area contributed by atoms with Crippen LogP contribution in [0.15, 0.2) is 41.8 Å². The van der Waals surface area contributed by atoms with Crippen LogP contribution in [0.25, 0.3) is 10.9 Å². The maximum atomic E-state index is 5.83. The zero-order chi connectivity index (χ0) is 14.7. The molecule has 2 heterocycles. The summed E-state index contributed by atoms with van der Waals surface area (Å²) in [6, 6.07) is 12.4. The van der Waals surface area contributed by atoms with Gasteiger partial charge in [-0.05, 0) is 30.0 Å². The first-order chi connectivity index (χ1) is 10.3. The molecule has 0 saturated heterocycles. The summed E-state index contributed by atoms with van der Waals surface area (Å²) in [6.07, 6.45) is 2.16. The number of nitrogens with zero attached hydrogens (tertiary/aromatic N) is 2. The molecule has 21 heavy (non-hydrogen) atoms. The van der Waals surface area contributed by atoms with E-state index in [-0.39, 0.29) is 6.04 Å². The van der Waals surface area contributed by atoms with Crippen LogP contribution in [-0.4, -0.2) is 9.97 Å². The van der Waals surface area contributed by atoms with Gasteiger partial charge in [-0.3, -0.25) is 0 Å². The highest BCUT2D eigenvalue weighted by Crippen LogP contribution is 2.30. The van der Waals surface area contributed by atoms with Crippen molar-refractivity contribution in [3.05, 3.63) is 46.7 Å². The van der Waals surface area contributed by atoms with Gasteiger partial charge in [0.2, 0.25) is 5.95 Å². The molecule has 1 atom stereocenters. The van der Waals surface area contributed by atoms with E-state index in [2.05, 4.69) is 39.7 Å². The third-order valence-electron chi connectivity index (χ3n) is 3.40. The summed E-state index contributed by atoms with van der Waals surface area (Å²) < 4.78 is 0. The Balaban J connectivity index is 1.99. The van der Waals surface area contributed by atoms with E-state index in [9.17, 15) is 0 Å². The molecule has 3 aromatic rings. The number of hydrogen-bond donors (Lipinski definition) is 2. The van der Waals surface area contributed by atoms with Crippen molar-refractivity contribution in [2.45, 2.75) is 25.8 Å². The summed E-state index contributed by atoms with van der Waals surface area (Å²) in [6.45, 7) is 2.19. The highest BCUT2D eigenvalue weighted by atomic mass is 32.1. The van der Waals surface area contributed by atoms with Gasteiger partial charge in [0.1, 0.15) is 5.82 Å². The smallest absolute Gasteiger partial charge is 0.222 e. The summed E-state index contributed by atoms with van der Waals surface area (Å²) in [5.41, 5.74) is 6.70. The molecule has 0 spiro atoms. The topological polar surface area (TPSA) is 63.8 Å². The van der Waals surface area contributed by atoms with Gasteiger partial charge in [-0.2, -0.15) is 4.98 Å². The summed E-state index contributed by atoms with van der Waals surface area (Å²) in [4.78, 5) is 9.99. The SMILES string of the molecule is CCCC(Nc1nc(N)nc2ccccc12)c1cccs1. The third-order valence-corrected chi connectivity index (χ3v) is 4.38. The predicted molar refractivity (Wildman–Crippen MR) is 89.5 cm³/mol. The Labute approximate surface area is 128 Å². The monoisotopic (exact) mass is 298 g/mol. The lowest BCUT2D eigenvalue weighted by molar-refractivity contribution is 0.685. The van der Waals surface area contributed by atoms with Gasteiger partial charge in [0.15, 0.2) is 0 Å². The van der Waals surface area contributed by atoms with Crippen LogP contribution in [0, 0.1) is 0 Å². The fourth-order valence-corrected chi connectivity index (χ4v) is 3.25. The molecule has 0 amide bonds. The van der Waals surface area contributed by atoms with Gasteiger partial charge in [0, 0.05) is 10.3 Å². The van der Waals surface area contributed by atoms with Gasteiger partial charge >= 0.3 is 0 Å². The lowest BCUT2D eigenvalue weighted by atomic mass is 10.1. The molecule has 0 fully saturated rings. The van der Waals surface area contributed by atoms with Gasteiger partial charge < -0.3 is 11.1 Å². The van der Waals surface area contributed by atoms with E-state index >= 15 is 0 Å². The van der Waals surface area contributed by atoms with E-state index in [0.29, 0.717) is 5.95 Å². The first kappa shape index (κ1) is 13.8. The molecule has 5 heteroatoms. The average Bonchev–Trinajstić information content (AvgIpc) is 3.00. The molecular weight excluding hydrogens is 280 g/mol. The normalized spacial score (nSPS) is 12.4. The molecular formula is C16H18N4S. The number of para-hydroxylation sites is 1. The maximum Gasteiger partial charge on any atom is 0.222 e. The van der Waals surface area contributed by atoms with Crippen molar-refractivity contribution < 1.29 is 0 Å². The number of thiophene rings is 1. The molecule has 0 saturated carbocycles. The second-order valence-electron chi connectivity index (χ2n) is 4.95. The summed E-state index contributed by atoms with van der Waals surface area (Å²) in [5.74, 6) is 1.11. The molecule has 0 bridgehead atoms. The summed E-state index contributed by atoms with van der Waals surface area (Å²) in [5, 5.41) is 6.65. The van der Waals surface area contributed by atoms with Crippen LogP contribution in [0.2, 0.25) is 0 Å². The molecule has 1 unspecified atom stereocenters. The van der Waals surface area contributed by atoms with Crippen LogP contribution in [0.3, 0.4) is 0 Å². The fraction of sp³-hybridized carbons (Fsp3) is 0.250. The fourth-order valence-electron chi connectivity index (χ4n) is 2.43. The van der Waals surface area contributed by atoms with Crippen molar-refractivity contribution in [1.29, 1.82) is 0 Å². The number of nitrogens with one attached hydrogen (secondary N) is 1. The van der Waals surface area contributed by atoms with Crippen LogP contribution in [0.1, 0.15) is 30.7 Å². The molecule has 4 nitrogen and oxygen atoms in total. The zero-order valence-corrected chi connectivity index (χ0v) is 12.7. The Bertz CT molecular complexity index is 724. The Morgan fingerprint density at radius 2 is 2.05 bits per heavy atom. The van der Waals surface area contributed by atoms with Crippen molar-refractivity contribution in [3.8, 4) is 0 Å². The molecule has 108 valence electrons. The molecule has 3 N–H and O–H groups in total. The first-order valence-corrected chi connectivity index (χ1v) is 7.98. The standard InChI is InChI=1S/C16H18N4S/c1-2-6-13(14-9-5-10-21-14)18-15-11-7-3-4-8-12(11)19-16(17)20-15/h3-5,7-10,13H,2,6H2,1H3,(H3,17,18,19,20). The number of benzene rings is 1. The quantitative estimate of drug-likeness (QED) is 0.740. The van der Waals surface area contributed by atoms with E-state index in [0.717, 1.165) is 29.6 Å². The molecule has 0 aliphatic rings. The summed E-state index contributed by atoms with van der Waals surface area (Å²) in [7, 11) is 0. The Kier molecular flexibility index (Phi) is 4.01. The highest BCUT2D eigenvalue weighted by molar-refractivity contribution is 7.10. The largest absolute Gasteiger partial charge is 0.368 e. The molecule has 0 aliphatic carbocycles. The average molecular weight is 298 g/mol. The minimum atomic E-state index is 0.257. The van der Waals surface area contributed by atoms with Crippen LogP contribution in [0.5, 0.6) is 0 Å². The number of nitrogen functional groups attached to an aromatic ring is 1. The molecule has 3 rings (SSSR count). The van der Waals surface area contributed by atoms with E-state index in [1.807, 2.05) is 24.3 Å². The lowest BCUT2D eigenvalue weighted by Crippen LogP contribution is -2.12. The second-order valence-corrected chi connectivity index (χ2v) is 5.93. The zero-order valence-electron chi connectivity index (χ0n) is 11.9. The Morgan fingerprint density at radius 3 is 2.81 bits per heavy atom. The van der Waals surface area contributed by atoms with Crippen LogP contribution < -0.4 is 11.1 Å². The minimum absolute atomic E-state index is 0.257. The Hall–Kier alpha value is -2.14. The lowest BCUT2D eigenvalue weighted by Gasteiger charge is -2.18. The Morgan fingerprint density at radius 1 is 1.19 bits per heavy atom. The number of aromatic nitrogens is 2. The van der Waals surface area contributed by atoms with Crippen molar-refractivity contribution in [3.63, 3.8) is 0 Å². The first-order valence-electron chi connectivity index (χ1n) is 7.10. The minimum Gasteiger partial charge on any atom is -0.368 e. The van der Waals surface area contributed by atoms with Crippen molar-refractivity contribution >= 4 is 34.0 Å².